The molecule has 110 valence electrons. The molecule has 3 nitrogen and oxygen atoms in total. The van der Waals surface area contributed by atoms with Crippen molar-refractivity contribution in [1.29, 1.82) is 0 Å². The number of nitrogens with one attached hydrogen (secondary N) is 1. The van der Waals surface area contributed by atoms with Crippen molar-refractivity contribution in [3.05, 3.63) is 51.5 Å². The summed E-state index contributed by atoms with van der Waals surface area (Å²) in [6, 6.07) is 10.1. The molecule has 0 fully saturated rings. The van der Waals surface area contributed by atoms with Crippen molar-refractivity contribution < 1.29 is 4.79 Å². The van der Waals surface area contributed by atoms with Gasteiger partial charge in [-0.15, -0.1) is 11.8 Å². The van der Waals surface area contributed by atoms with Gasteiger partial charge in [0.05, 0.1) is 27.2 Å². The number of carbonyl (C=O) groups is 1. The second-order valence-electron chi connectivity index (χ2n) is 4.14. The standard InChI is InChI=1S/C14H11Cl3N2OS/c15-8-1-4-13(12(18)5-8)19-14(20)7-21-9-2-3-10(16)11(17)6-9/h1-6H,7,18H2,(H,19,20). The van der Waals surface area contributed by atoms with Gasteiger partial charge in [-0.2, -0.15) is 0 Å². The van der Waals surface area contributed by atoms with Crippen molar-refractivity contribution in [2.24, 2.45) is 0 Å². The lowest BCUT2D eigenvalue weighted by Gasteiger charge is -2.08. The number of rotatable bonds is 4. The molecule has 0 saturated carbocycles. The maximum Gasteiger partial charge on any atom is 0.234 e. The molecule has 0 bridgehead atoms. The number of halogens is 3. The van der Waals surface area contributed by atoms with Crippen molar-refractivity contribution in [3.63, 3.8) is 0 Å². The molecular weight excluding hydrogens is 351 g/mol. The molecule has 3 N–H and O–H groups in total. The summed E-state index contributed by atoms with van der Waals surface area (Å²) in [5.74, 6) is 0.0696. The van der Waals surface area contributed by atoms with Crippen LogP contribution in [0.15, 0.2) is 41.3 Å². The first-order valence-corrected chi connectivity index (χ1v) is 8.00. The number of nitrogens with two attached hydrogens (primary N) is 1. The highest BCUT2D eigenvalue weighted by Crippen LogP contribution is 2.28. The molecule has 1 amide bonds. The number of hydrogen-bond acceptors (Lipinski definition) is 3. The Morgan fingerprint density at radius 3 is 2.52 bits per heavy atom. The molecule has 0 radical (unpaired) electrons. The van der Waals surface area contributed by atoms with Crippen LogP contribution >= 0.6 is 46.6 Å². The van der Waals surface area contributed by atoms with Crippen LogP contribution in [0.25, 0.3) is 0 Å². The topological polar surface area (TPSA) is 55.1 Å². The molecule has 0 saturated heterocycles. The molecule has 0 heterocycles. The SMILES string of the molecule is Nc1cc(Cl)ccc1NC(=O)CSc1ccc(Cl)c(Cl)c1. The van der Waals surface area contributed by atoms with E-state index in [0.717, 1.165) is 4.90 Å². The van der Waals surface area contributed by atoms with E-state index in [9.17, 15) is 4.79 Å². The molecule has 7 heteroatoms. The van der Waals surface area contributed by atoms with Gasteiger partial charge in [-0.25, -0.2) is 0 Å². The lowest BCUT2D eigenvalue weighted by Crippen LogP contribution is -2.15. The third kappa shape index (κ3) is 4.71. The summed E-state index contributed by atoms with van der Waals surface area (Å²) in [6.45, 7) is 0. The van der Waals surface area contributed by atoms with Gasteiger partial charge in [-0.05, 0) is 36.4 Å². The number of thioether (sulfide) groups is 1. The zero-order valence-electron chi connectivity index (χ0n) is 10.7. The van der Waals surface area contributed by atoms with Gasteiger partial charge in [0, 0.05) is 9.92 Å². The first kappa shape index (κ1) is 16.3. The van der Waals surface area contributed by atoms with Gasteiger partial charge in [-0.3, -0.25) is 4.79 Å². The minimum atomic E-state index is -0.167. The van der Waals surface area contributed by atoms with E-state index in [2.05, 4.69) is 5.32 Å². The van der Waals surface area contributed by atoms with E-state index in [1.165, 1.54) is 11.8 Å². The second-order valence-corrected chi connectivity index (χ2v) is 6.44. The smallest absolute Gasteiger partial charge is 0.234 e. The van der Waals surface area contributed by atoms with Gasteiger partial charge in [-0.1, -0.05) is 34.8 Å². The molecule has 0 aromatic heterocycles. The monoisotopic (exact) mass is 360 g/mol. The third-order valence-corrected chi connectivity index (χ3v) is 4.52. The average molecular weight is 362 g/mol. The molecule has 0 aliphatic heterocycles. The maximum atomic E-state index is 11.9. The molecule has 21 heavy (non-hydrogen) atoms. The van der Waals surface area contributed by atoms with Crippen LogP contribution in [0.2, 0.25) is 15.1 Å². The lowest BCUT2D eigenvalue weighted by molar-refractivity contribution is -0.113. The molecule has 0 atom stereocenters. The fourth-order valence-corrected chi connectivity index (χ4v) is 2.83. The molecular formula is C14H11Cl3N2OS. The normalized spacial score (nSPS) is 10.4. The van der Waals surface area contributed by atoms with E-state index in [0.29, 0.717) is 26.4 Å². The minimum absolute atomic E-state index is 0.167. The zero-order chi connectivity index (χ0) is 15.4. The Morgan fingerprint density at radius 2 is 1.86 bits per heavy atom. The van der Waals surface area contributed by atoms with Crippen LogP contribution in [-0.2, 0) is 4.79 Å². The number of nitrogen functional groups attached to an aromatic ring is 1. The number of hydrogen-bond donors (Lipinski definition) is 2. The van der Waals surface area contributed by atoms with Crippen molar-refractivity contribution >= 4 is 63.8 Å². The van der Waals surface area contributed by atoms with Gasteiger partial charge in [0.2, 0.25) is 5.91 Å². The first-order chi connectivity index (χ1) is 9.95. The molecule has 2 rings (SSSR count). The number of benzene rings is 2. The summed E-state index contributed by atoms with van der Waals surface area (Å²) in [5.41, 5.74) is 6.74. The number of carbonyl (C=O) groups excluding carboxylic acids is 1. The van der Waals surface area contributed by atoms with Crippen molar-refractivity contribution in [2.75, 3.05) is 16.8 Å². The Morgan fingerprint density at radius 1 is 1.10 bits per heavy atom. The zero-order valence-corrected chi connectivity index (χ0v) is 13.8. The maximum absolute atomic E-state index is 11.9. The van der Waals surface area contributed by atoms with Crippen molar-refractivity contribution in [3.8, 4) is 0 Å². The van der Waals surface area contributed by atoms with Gasteiger partial charge < -0.3 is 11.1 Å². The molecule has 0 aliphatic rings. The van der Waals surface area contributed by atoms with E-state index in [4.69, 9.17) is 40.5 Å². The van der Waals surface area contributed by atoms with Crippen molar-refractivity contribution in [2.45, 2.75) is 4.90 Å². The van der Waals surface area contributed by atoms with Crippen LogP contribution in [0.1, 0.15) is 0 Å². The summed E-state index contributed by atoms with van der Waals surface area (Å²) in [6.07, 6.45) is 0. The number of amides is 1. The molecule has 2 aromatic carbocycles. The van der Waals surface area contributed by atoms with Crippen LogP contribution < -0.4 is 11.1 Å². The number of anilines is 2. The summed E-state index contributed by atoms with van der Waals surface area (Å²) in [7, 11) is 0. The highest BCUT2D eigenvalue weighted by Gasteiger charge is 2.07. The highest BCUT2D eigenvalue weighted by atomic mass is 35.5. The first-order valence-electron chi connectivity index (χ1n) is 5.88. The van der Waals surface area contributed by atoms with Crippen LogP contribution in [0, 0.1) is 0 Å². The van der Waals surface area contributed by atoms with Crippen LogP contribution in [0.5, 0.6) is 0 Å². The summed E-state index contributed by atoms with van der Waals surface area (Å²) >= 11 is 18.9. The Balaban J connectivity index is 1.94. The van der Waals surface area contributed by atoms with E-state index in [1.54, 1.807) is 30.3 Å². The Hall–Kier alpha value is -1.07. The Kier molecular flexibility index (Phi) is 5.65. The van der Waals surface area contributed by atoms with Crippen molar-refractivity contribution in [1.82, 2.24) is 0 Å². The third-order valence-electron chi connectivity index (χ3n) is 2.55. The van der Waals surface area contributed by atoms with Crippen LogP contribution in [-0.4, -0.2) is 11.7 Å². The van der Waals surface area contributed by atoms with E-state index < -0.39 is 0 Å². The van der Waals surface area contributed by atoms with Crippen LogP contribution in [0.4, 0.5) is 11.4 Å². The average Bonchev–Trinajstić information content (AvgIpc) is 2.43. The summed E-state index contributed by atoms with van der Waals surface area (Å²) in [4.78, 5) is 12.8. The quantitative estimate of drug-likeness (QED) is 0.598. The largest absolute Gasteiger partial charge is 0.397 e. The molecule has 0 spiro atoms. The molecule has 0 unspecified atom stereocenters. The van der Waals surface area contributed by atoms with E-state index >= 15 is 0 Å². The van der Waals surface area contributed by atoms with Gasteiger partial charge in [0.15, 0.2) is 0 Å². The lowest BCUT2D eigenvalue weighted by atomic mass is 10.2. The summed E-state index contributed by atoms with van der Waals surface area (Å²) in [5, 5.41) is 4.20. The fraction of sp³-hybridized carbons (Fsp3) is 0.0714. The Labute approximate surface area is 141 Å². The van der Waals surface area contributed by atoms with Crippen LogP contribution in [0.3, 0.4) is 0 Å². The summed E-state index contributed by atoms with van der Waals surface area (Å²) < 4.78 is 0. The second kappa shape index (κ2) is 7.27. The fourth-order valence-electron chi connectivity index (χ4n) is 1.55. The Bertz CT molecular complexity index is 679. The van der Waals surface area contributed by atoms with Gasteiger partial charge in [0.25, 0.3) is 0 Å². The predicted octanol–water partition coefficient (Wildman–Crippen LogP) is 4.96. The molecule has 2 aromatic rings. The van der Waals surface area contributed by atoms with Gasteiger partial charge >= 0.3 is 0 Å². The predicted molar refractivity (Wildman–Crippen MR) is 91.7 cm³/mol. The van der Waals surface area contributed by atoms with E-state index in [1.807, 2.05) is 6.07 Å². The molecule has 0 aliphatic carbocycles. The minimum Gasteiger partial charge on any atom is -0.397 e. The van der Waals surface area contributed by atoms with Gasteiger partial charge in [0.1, 0.15) is 0 Å². The van der Waals surface area contributed by atoms with E-state index in [-0.39, 0.29) is 11.7 Å². The highest BCUT2D eigenvalue weighted by molar-refractivity contribution is 8.00.